The molecule has 0 spiro atoms. The van der Waals surface area contributed by atoms with Crippen LogP contribution in [-0.2, 0) is 17.1 Å². The van der Waals surface area contributed by atoms with Crippen LogP contribution in [0.5, 0.6) is 0 Å². The molecule has 1 unspecified atom stereocenters. The first kappa shape index (κ1) is 23.0. The lowest BCUT2D eigenvalue weighted by molar-refractivity contribution is 0.291. The molecule has 1 aliphatic rings. The van der Waals surface area contributed by atoms with Crippen molar-refractivity contribution in [3.63, 3.8) is 0 Å². The number of hydrogen-bond acceptors (Lipinski definition) is 4. The molecule has 0 saturated carbocycles. The van der Waals surface area contributed by atoms with Crippen molar-refractivity contribution in [1.29, 1.82) is 0 Å². The first-order valence-electron chi connectivity index (χ1n) is 10.8. The van der Waals surface area contributed by atoms with Gasteiger partial charge in [-0.1, -0.05) is 58.0 Å². The highest BCUT2D eigenvalue weighted by Crippen LogP contribution is 2.31. The normalized spacial score (nSPS) is 21.8. The van der Waals surface area contributed by atoms with E-state index in [4.69, 9.17) is 0 Å². The molecule has 7 heteroatoms. The number of nitrogens with zero attached hydrogens (tertiary/aromatic N) is 3. The Bertz CT molecular complexity index is 918. The summed E-state index contributed by atoms with van der Waals surface area (Å²) in [5.41, 5.74) is 1.50. The zero-order chi connectivity index (χ0) is 21.9. The van der Waals surface area contributed by atoms with E-state index in [1.807, 2.05) is 18.2 Å². The van der Waals surface area contributed by atoms with E-state index in [1.54, 1.807) is 22.1 Å². The Morgan fingerprint density at radius 2 is 1.90 bits per heavy atom. The summed E-state index contributed by atoms with van der Waals surface area (Å²) in [7, 11) is -1.81. The van der Waals surface area contributed by atoms with Crippen molar-refractivity contribution in [2.45, 2.75) is 57.5 Å². The molecule has 2 heterocycles. The van der Waals surface area contributed by atoms with Crippen LogP contribution in [0.15, 0.2) is 47.9 Å². The maximum atomic E-state index is 13.1. The summed E-state index contributed by atoms with van der Waals surface area (Å²) < 4.78 is 29.5. The van der Waals surface area contributed by atoms with Gasteiger partial charge in [0.15, 0.2) is 5.03 Å². The largest absolute Gasteiger partial charge is 0.339 e. The molecular formula is C23H36N4O2S. The van der Waals surface area contributed by atoms with Gasteiger partial charge in [0, 0.05) is 38.3 Å². The summed E-state index contributed by atoms with van der Waals surface area (Å²) >= 11 is 0. The first-order valence-corrected chi connectivity index (χ1v) is 12.3. The second-order valence-electron chi connectivity index (χ2n) is 9.94. The third kappa shape index (κ3) is 5.71. The number of benzene rings is 1. The van der Waals surface area contributed by atoms with E-state index in [0.29, 0.717) is 24.4 Å². The zero-order valence-corrected chi connectivity index (χ0v) is 19.7. The smallest absolute Gasteiger partial charge is 0.262 e. The van der Waals surface area contributed by atoms with Crippen LogP contribution in [0, 0.1) is 11.3 Å². The predicted octanol–water partition coefficient (Wildman–Crippen LogP) is 3.63. The Morgan fingerprint density at radius 1 is 1.20 bits per heavy atom. The quantitative estimate of drug-likeness (QED) is 0.692. The minimum absolute atomic E-state index is 0.0905. The fourth-order valence-corrected chi connectivity index (χ4v) is 5.98. The molecule has 1 aromatic carbocycles. The van der Waals surface area contributed by atoms with Crippen LogP contribution >= 0.6 is 0 Å². The molecule has 1 aliphatic heterocycles. The minimum atomic E-state index is -3.60. The van der Waals surface area contributed by atoms with Gasteiger partial charge in [-0.2, -0.15) is 4.31 Å². The highest BCUT2D eigenvalue weighted by atomic mass is 32.2. The SMILES string of the molecule is CC(CCN[C@H]1CN(S(=O)(=O)c2cn(C)cn2)C[C@@H]1c1ccccc1)CC(C)(C)C. The lowest BCUT2D eigenvalue weighted by Gasteiger charge is -2.25. The molecule has 166 valence electrons. The molecule has 1 N–H and O–H groups in total. The van der Waals surface area contributed by atoms with Gasteiger partial charge in [0.1, 0.15) is 0 Å². The molecule has 0 amide bonds. The Labute approximate surface area is 181 Å². The van der Waals surface area contributed by atoms with Crippen LogP contribution in [0.2, 0.25) is 0 Å². The van der Waals surface area contributed by atoms with Crippen molar-refractivity contribution < 1.29 is 8.42 Å². The predicted molar refractivity (Wildman–Crippen MR) is 121 cm³/mol. The van der Waals surface area contributed by atoms with Crippen LogP contribution in [0.4, 0.5) is 0 Å². The number of aromatic nitrogens is 2. The summed E-state index contributed by atoms with van der Waals surface area (Å²) in [4.78, 5) is 4.09. The number of imidazole rings is 1. The third-order valence-corrected chi connectivity index (χ3v) is 7.52. The van der Waals surface area contributed by atoms with Crippen LogP contribution in [0.25, 0.3) is 0 Å². The number of hydrogen-bond donors (Lipinski definition) is 1. The lowest BCUT2D eigenvalue weighted by Crippen LogP contribution is -2.37. The van der Waals surface area contributed by atoms with E-state index in [2.05, 4.69) is 50.1 Å². The molecule has 1 aromatic heterocycles. The van der Waals surface area contributed by atoms with Gasteiger partial charge >= 0.3 is 0 Å². The maximum Gasteiger partial charge on any atom is 0.262 e. The number of aryl methyl sites for hydroxylation is 1. The van der Waals surface area contributed by atoms with Gasteiger partial charge in [-0.15, -0.1) is 0 Å². The van der Waals surface area contributed by atoms with Crippen LogP contribution < -0.4 is 5.32 Å². The van der Waals surface area contributed by atoms with Gasteiger partial charge in [-0.25, -0.2) is 13.4 Å². The van der Waals surface area contributed by atoms with Gasteiger partial charge in [-0.05, 0) is 36.3 Å². The Kier molecular flexibility index (Phi) is 7.05. The summed E-state index contributed by atoms with van der Waals surface area (Å²) in [5.74, 6) is 0.755. The second-order valence-corrected chi connectivity index (χ2v) is 11.8. The third-order valence-electron chi connectivity index (χ3n) is 5.80. The molecule has 2 aromatic rings. The Morgan fingerprint density at radius 3 is 2.50 bits per heavy atom. The fourth-order valence-electron chi connectivity index (χ4n) is 4.53. The molecule has 3 rings (SSSR count). The maximum absolute atomic E-state index is 13.1. The van der Waals surface area contributed by atoms with Gasteiger partial charge in [0.25, 0.3) is 10.0 Å². The zero-order valence-electron chi connectivity index (χ0n) is 18.9. The van der Waals surface area contributed by atoms with Gasteiger partial charge < -0.3 is 9.88 Å². The average Bonchev–Trinajstić information content (AvgIpc) is 3.28. The fraction of sp³-hybridized carbons (Fsp3) is 0.609. The number of nitrogens with one attached hydrogen (secondary N) is 1. The Hall–Kier alpha value is -1.70. The van der Waals surface area contributed by atoms with Crippen molar-refractivity contribution in [1.82, 2.24) is 19.2 Å². The van der Waals surface area contributed by atoms with Crippen molar-refractivity contribution in [2.75, 3.05) is 19.6 Å². The average molecular weight is 433 g/mol. The summed E-state index contributed by atoms with van der Waals surface area (Å²) in [5, 5.41) is 3.80. The van der Waals surface area contributed by atoms with Crippen molar-refractivity contribution >= 4 is 10.0 Å². The van der Waals surface area contributed by atoms with Gasteiger partial charge in [0.05, 0.1) is 6.33 Å². The van der Waals surface area contributed by atoms with E-state index in [-0.39, 0.29) is 17.0 Å². The highest BCUT2D eigenvalue weighted by Gasteiger charge is 2.40. The van der Waals surface area contributed by atoms with Gasteiger partial charge in [0.2, 0.25) is 0 Å². The molecule has 1 saturated heterocycles. The molecular weight excluding hydrogens is 396 g/mol. The van der Waals surface area contributed by atoms with Crippen molar-refractivity contribution in [3.8, 4) is 0 Å². The van der Waals surface area contributed by atoms with Crippen molar-refractivity contribution in [3.05, 3.63) is 48.4 Å². The second kappa shape index (κ2) is 9.20. The standard InChI is InChI=1S/C23H36N4O2S/c1-18(13-23(2,3)4)11-12-24-21-15-27(14-20(21)19-9-7-6-8-10-19)30(28,29)22-16-26(5)17-25-22/h6-10,16-18,20-21,24H,11-15H2,1-5H3/t18?,20-,21+/m1/s1. The summed E-state index contributed by atoms with van der Waals surface area (Å²) in [6.45, 7) is 11.0. The minimum Gasteiger partial charge on any atom is -0.339 e. The first-order chi connectivity index (χ1) is 14.1. The Balaban J connectivity index is 1.71. The molecule has 3 atom stereocenters. The molecule has 30 heavy (non-hydrogen) atoms. The van der Waals surface area contributed by atoms with Crippen LogP contribution in [0.1, 0.15) is 52.0 Å². The van der Waals surface area contributed by atoms with E-state index in [1.165, 1.54) is 18.3 Å². The number of rotatable bonds is 8. The summed E-state index contributed by atoms with van der Waals surface area (Å²) in [6, 6.07) is 10.3. The number of sulfonamides is 1. The molecule has 6 nitrogen and oxygen atoms in total. The topological polar surface area (TPSA) is 67.2 Å². The van der Waals surface area contributed by atoms with Crippen LogP contribution in [0.3, 0.4) is 0 Å². The molecule has 1 fully saturated rings. The molecule has 0 bridgehead atoms. The van der Waals surface area contributed by atoms with E-state index >= 15 is 0 Å². The van der Waals surface area contributed by atoms with Crippen LogP contribution in [-0.4, -0.2) is 48.0 Å². The van der Waals surface area contributed by atoms with E-state index < -0.39 is 10.0 Å². The van der Waals surface area contributed by atoms with Gasteiger partial charge in [-0.3, -0.25) is 0 Å². The highest BCUT2D eigenvalue weighted by molar-refractivity contribution is 7.89. The van der Waals surface area contributed by atoms with E-state index in [9.17, 15) is 8.42 Å². The van der Waals surface area contributed by atoms with Crippen molar-refractivity contribution in [2.24, 2.45) is 18.4 Å². The summed E-state index contributed by atoms with van der Waals surface area (Å²) in [6.07, 6.45) is 5.37. The molecule has 0 radical (unpaired) electrons. The lowest BCUT2D eigenvalue weighted by atomic mass is 9.84. The monoisotopic (exact) mass is 432 g/mol. The molecule has 0 aliphatic carbocycles. The van der Waals surface area contributed by atoms with E-state index in [0.717, 1.165) is 13.0 Å².